The maximum absolute atomic E-state index is 12.2. The highest BCUT2D eigenvalue weighted by Gasteiger charge is 2.42. The van der Waals surface area contributed by atoms with Crippen LogP contribution in [0.15, 0.2) is 0 Å². The molecule has 2 amide bonds. The number of hydrogen-bond acceptors (Lipinski definition) is 2. The first-order valence-electron chi connectivity index (χ1n) is 6.87. The molecule has 2 heterocycles. The van der Waals surface area contributed by atoms with Crippen molar-refractivity contribution in [2.75, 3.05) is 26.2 Å². The third-order valence-electron chi connectivity index (χ3n) is 3.96. The molecule has 0 bridgehead atoms. The van der Waals surface area contributed by atoms with Crippen molar-refractivity contribution in [2.45, 2.75) is 45.1 Å². The summed E-state index contributed by atoms with van der Waals surface area (Å²) in [5, 5.41) is 0. The minimum atomic E-state index is -0.105. The van der Waals surface area contributed by atoms with Crippen LogP contribution in [0.3, 0.4) is 0 Å². The molecule has 2 rings (SSSR count). The molecule has 0 aromatic rings. The normalized spacial score (nSPS) is 27.8. The SMILES string of the molecule is CCCC1(N)CN(C(=O)N2CCCC(C)C2)C1. The van der Waals surface area contributed by atoms with Gasteiger partial charge in [-0.3, -0.25) is 0 Å². The molecule has 1 atom stereocenters. The van der Waals surface area contributed by atoms with Crippen molar-refractivity contribution >= 4 is 6.03 Å². The van der Waals surface area contributed by atoms with Gasteiger partial charge in [-0.05, 0) is 25.2 Å². The van der Waals surface area contributed by atoms with Crippen LogP contribution in [0.1, 0.15) is 39.5 Å². The number of nitrogens with two attached hydrogens (primary N) is 1. The second kappa shape index (κ2) is 4.84. The van der Waals surface area contributed by atoms with Crippen LogP contribution in [0, 0.1) is 5.92 Å². The lowest BCUT2D eigenvalue weighted by atomic mass is 9.86. The Morgan fingerprint density at radius 1 is 1.41 bits per heavy atom. The third kappa shape index (κ3) is 2.73. The highest BCUT2D eigenvalue weighted by molar-refractivity contribution is 5.76. The summed E-state index contributed by atoms with van der Waals surface area (Å²) in [4.78, 5) is 16.1. The van der Waals surface area contributed by atoms with E-state index in [1.54, 1.807) is 0 Å². The van der Waals surface area contributed by atoms with E-state index in [-0.39, 0.29) is 11.6 Å². The maximum Gasteiger partial charge on any atom is 0.320 e. The number of nitrogens with zero attached hydrogens (tertiary/aromatic N) is 2. The zero-order chi connectivity index (χ0) is 12.5. The average Bonchev–Trinajstić information content (AvgIpc) is 2.25. The summed E-state index contributed by atoms with van der Waals surface area (Å²) in [6, 6.07) is 0.203. The van der Waals surface area contributed by atoms with Gasteiger partial charge in [-0.1, -0.05) is 20.3 Å². The molecule has 0 aliphatic carbocycles. The number of carbonyl (C=O) groups excluding carboxylic acids is 1. The molecule has 4 heteroatoms. The van der Waals surface area contributed by atoms with Crippen LogP contribution in [0.4, 0.5) is 4.79 Å². The smallest absolute Gasteiger partial charge is 0.320 e. The van der Waals surface area contributed by atoms with Crippen molar-refractivity contribution in [2.24, 2.45) is 11.7 Å². The van der Waals surface area contributed by atoms with Crippen LogP contribution < -0.4 is 5.73 Å². The lowest BCUT2D eigenvalue weighted by Crippen LogP contribution is -2.70. The molecule has 2 N–H and O–H groups in total. The molecule has 0 saturated carbocycles. The molecule has 4 nitrogen and oxygen atoms in total. The van der Waals surface area contributed by atoms with Crippen LogP contribution in [0.5, 0.6) is 0 Å². The van der Waals surface area contributed by atoms with Gasteiger partial charge < -0.3 is 15.5 Å². The quantitative estimate of drug-likeness (QED) is 0.796. The lowest BCUT2D eigenvalue weighted by Gasteiger charge is -2.49. The van der Waals surface area contributed by atoms with Crippen molar-refractivity contribution in [1.82, 2.24) is 9.80 Å². The van der Waals surface area contributed by atoms with E-state index in [1.807, 2.05) is 9.80 Å². The van der Waals surface area contributed by atoms with Gasteiger partial charge in [0.05, 0.1) is 5.54 Å². The molecule has 0 aromatic heterocycles. The Kier molecular flexibility index (Phi) is 3.61. The van der Waals surface area contributed by atoms with Crippen molar-refractivity contribution < 1.29 is 4.79 Å². The van der Waals surface area contributed by atoms with Crippen LogP contribution >= 0.6 is 0 Å². The fraction of sp³-hybridized carbons (Fsp3) is 0.923. The summed E-state index contributed by atoms with van der Waals surface area (Å²) >= 11 is 0. The van der Waals surface area contributed by atoms with Gasteiger partial charge in [0.25, 0.3) is 0 Å². The first-order chi connectivity index (χ1) is 8.04. The lowest BCUT2D eigenvalue weighted by molar-refractivity contribution is 0.0585. The zero-order valence-corrected chi connectivity index (χ0v) is 11.1. The number of likely N-dealkylation sites (tertiary alicyclic amines) is 2. The number of amides is 2. The van der Waals surface area contributed by atoms with E-state index in [4.69, 9.17) is 5.73 Å². The van der Waals surface area contributed by atoms with Gasteiger partial charge in [-0.25, -0.2) is 4.79 Å². The van der Waals surface area contributed by atoms with E-state index in [0.717, 1.165) is 45.4 Å². The molecular weight excluding hydrogens is 214 g/mol. The average molecular weight is 239 g/mol. The molecular formula is C13H25N3O. The molecule has 2 saturated heterocycles. The molecule has 17 heavy (non-hydrogen) atoms. The zero-order valence-electron chi connectivity index (χ0n) is 11.1. The van der Waals surface area contributed by atoms with Crippen LogP contribution in [-0.2, 0) is 0 Å². The molecule has 2 aliphatic rings. The van der Waals surface area contributed by atoms with Crippen molar-refractivity contribution in [3.63, 3.8) is 0 Å². The van der Waals surface area contributed by atoms with Gasteiger partial charge >= 0.3 is 6.03 Å². The molecule has 2 fully saturated rings. The largest absolute Gasteiger partial charge is 0.324 e. The molecule has 1 unspecified atom stereocenters. The van der Waals surface area contributed by atoms with Gasteiger partial charge in [0.1, 0.15) is 0 Å². The third-order valence-corrected chi connectivity index (χ3v) is 3.96. The Labute approximate surface area is 104 Å². The molecule has 0 spiro atoms. The second-order valence-electron chi connectivity index (χ2n) is 5.94. The fourth-order valence-corrected chi connectivity index (χ4v) is 3.07. The summed E-state index contributed by atoms with van der Waals surface area (Å²) < 4.78 is 0. The summed E-state index contributed by atoms with van der Waals surface area (Å²) in [5.74, 6) is 0.646. The van der Waals surface area contributed by atoms with Crippen LogP contribution in [0.2, 0.25) is 0 Å². The van der Waals surface area contributed by atoms with E-state index >= 15 is 0 Å². The minimum absolute atomic E-state index is 0.105. The number of rotatable bonds is 2. The van der Waals surface area contributed by atoms with E-state index in [0.29, 0.717) is 5.92 Å². The highest BCUT2D eigenvalue weighted by atomic mass is 16.2. The fourth-order valence-electron chi connectivity index (χ4n) is 3.07. The first kappa shape index (κ1) is 12.7. The van der Waals surface area contributed by atoms with Crippen molar-refractivity contribution in [3.8, 4) is 0 Å². The van der Waals surface area contributed by atoms with Gasteiger partial charge in [0.2, 0.25) is 0 Å². The van der Waals surface area contributed by atoms with E-state index in [2.05, 4.69) is 13.8 Å². The Morgan fingerprint density at radius 3 is 2.71 bits per heavy atom. The molecule has 98 valence electrons. The number of piperidine rings is 1. The topological polar surface area (TPSA) is 49.6 Å². The monoisotopic (exact) mass is 239 g/mol. The van der Waals surface area contributed by atoms with E-state index < -0.39 is 0 Å². The predicted octanol–water partition coefficient (Wildman–Crippen LogP) is 1.65. The van der Waals surface area contributed by atoms with Gasteiger partial charge in [0.15, 0.2) is 0 Å². The van der Waals surface area contributed by atoms with Gasteiger partial charge in [-0.15, -0.1) is 0 Å². The van der Waals surface area contributed by atoms with Crippen LogP contribution in [-0.4, -0.2) is 47.5 Å². The van der Waals surface area contributed by atoms with E-state index in [1.165, 1.54) is 6.42 Å². The standard InChI is InChI=1S/C13H25N3O/c1-3-6-13(14)9-16(10-13)12(17)15-7-4-5-11(2)8-15/h11H,3-10,14H2,1-2H3. The summed E-state index contributed by atoms with van der Waals surface area (Å²) in [6.45, 7) is 7.69. The van der Waals surface area contributed by atoms with Gasteiger partial charge in [0, 0.05) is 26.2 Å². The summed E-state index contributed by atoms with van der Waals surface area (Å²) in [6.07, 6.45) is 4.51. The number of urea groups is 1. The molecule has 2 aliphatic heterocycles. The van der Waals surface area contributed by atoms with Crippen molar-refractivity contribution in [3.05, 3.63) is 0 Å². The highest BCUT2D eigenvalue weighted by Crippen LogP contribution is 2.26. The van der Waals surface area contributed by atoms with Crippen LogP contribution in [0.25, 0.3) is 0 Å². The predicted molar refractivity (Wildman–Crippen MR) is 68.8 cm³/mol. The minimum Gasteiger partial charge on any atom is -0.324 e. The maximum atomic E-state index is 12.2. The van der Waals surface area contributed by atoms with Crippen molar-refractivity contribution in [1.29, 1.82) is 0 Å². The molecule has 0 aromatic carbocycles. The Hall–Kier alpha value is -0.770. The second-order valence-corrected chi connectivity index (χ2v) is 5.94. The Balaban J connectivity index is 1.82. The summed E-state index contributed by atoms with van der Waals surface area (Å²) in [7, 11) is 0. The number of hydrogen-bond donors (Lipinski definition) is 1. The van der Waals surface area contributed by atoms with E-state index in [9.17, 15) is 4.79 Å². The Bertz CT molecular complexity index is 286. The number of carbonyl (C=O) groups is 1. The van der Waals surface area contributed by atoms with Gasteiger partial charge in [-0.2, -0.15) is 0 Å². The first-order valence-corrected chi connectivity index (χ1v) is 6.87. The molecule has 0 radical (unpaired) electrons. The Morgan fingerprint density at radius 2 is 2.12 bits per heavy atom. The summed E-state index contributed by atoms with van der Waals surface area (Å²) in [5.41, 5.74) is 6.08.